The Kier molecular flexibility index (Phi) is 10.5. The lowest BCUT2D eigenvalue weighted by atomic mass is 10.1. The Hall–Kier alpha value is -3.90. The molecule has 0 radical (unpaired) electrons. The van der Waals surface area contributed by atoms with Gasteiger partial charge in [0.2, 0.25) is 5.13 Å². The first-order valence-electron chi connectivity index (χ1n) is 12.3. The number of aromatic nitrogens is 2. The van der Waals surface area contributed by atoms with Crippen molar-refractivity contribution in [3.8, 4) is 23.3 Å². The number of carbonyl (C=O) groups is 1. The van der Waals surface area contributed by atoms with Crippen LogP contribution < -0.4 is 19.5 Å². The summed E-state index contributed by atoms with van der Waals surface area (Å²) in [4.78, 5) is 12.6. The lowest BCUT2D eigenvalue weighted by molar-refractivity contribution is -0.112. The highest BCUT2D eigenvalue weighted by molar-refractivity contribution is 7.15. The zero-order valence-electron chi connectivity index (χ0n) is 21.7. The summed E-state index contributed by atoms with van der Waals surface area (Å²) in [6.45, 7) is 9.18. The van der Waals surface area contributed by atoms with Gasteiger partial charge in [0.1, 0.15) is 35.6 Å². The number of nitrogens with one attached hydrogen (secondary N) is 1. The molecule has 0 unspecified atom stereocenters. The van der Waals surface area contributed by atoms with Crippen LogP contribution in [0.15, 0.2) is 42.0 Å². The van der Waals surface area contributed by atoms with Gasteiger partial charge < -0.3 is 14.2 Å². The van der Waals surface area contributed by atoms with Crippen molar-refractivity contribution in [2.45, 2.75) is 47.0 Å². The van der Waals surface area contributed by atoms with Crippen LogP contribution in [0.4, 0.5) is 5.13 Å². The van der Waals surface area contributed by atoms with E-state index in [2.05, 4.69) is 28.5 Å². The Balaban J connectivity index is 1.64. The predicted octanol–water partition coefficient (Wildman–Crippen LogP) is 5.90. The van der Waals surface area contributed by atoms with Crippen LogP contribution in [-0.4, -0.2) is 35.9 Å². The average Bonchev–Trinajstić information content (AvgIpc) is 3.33. The highest BCUT2D eigenvalue weighted by atomic mass is 32.1. The normalized spacial score (nSPS) is 11.1. The van der Waals surface area contributed by atoms with Gasteiger partial charge >= 0.3 is 0 Å². The van der Waals surface area contributed by atoms with E-state index in [0.717, 1.165) is 35.6 Å². The molecule has 37 heavy (non-hydrogen) atoms. The van der Waals surface area contributed by atoms with E-state index in [-0.39, 0.29) is 5.57 Å². The molecular formula is C28H32N4O4S. The number of nitrogens with zero attached hydrogens (tertiary/aromatic N) is 3. The lowest BCUT2D eigenvalue weighted by Gasteiger charge is -2.14. The van der Waals surface area contributed by atoms with Gasteiger partial charge in [0.25, 0.3) is 5.91 Å². The molecule has 1 heterocycles. The number of amides is 1. The highest BCUT2D eigenvalue weighted by Gasteiger charge is 2.14. The summed E-state index contributed by atoms with van der Waals surface area (Å²) in [6.07, 6.45) is 4.38. The maximum Gasteiger partial charge on any atom is 0.268 e. The molecule has 0 aliphatic heterocycles. The predicted molar refractivity (Wildman–Crippen MR) is 145 cm³/mol. The van der Waals surface area contributed by atoms with Crippen LogP contribution in [0, 0.1) is 25.2 Å². The molecule has 1 amide bonds. The smallest absolute Gasteiger partial charge is 0.268 e. The number of aryl methyl sites for hydroxylation is 3. The Bertz CT molecular complexity index is 1280. The van der Waals surface area contributed by atoms with Crippen molar-refractivity contribution in [2.75, 3.05) is 25.1 Å². The number of anilines is 1. The molecule has 2 aromatic carbocycles. The van der Waals surface area contributed by atoms with Gasteiger partial charge in [-0.25, -0.2) is 0 Å². The summed E-state index contributed by atoms with van der Waals surface area (Å²) in [7, 11) is 0. The van der Waals surface area contributed by atoms with Crippen LogP contribution in [0.1, 0.15) is 48.4 Å². The number of benzene rings is 2. The fraction of sp³-hybridized carbons (Fsp3) is 0.357. The van der Waals surface area contributed by atoms with Crippen LogP contribution in [0.3, 0.4) is 0 Å². The third-order valence-corrected chi connectivity index (χ3v) is 6.20. The number of ether oxygens (including phenoxy) is 3. The molecule has 0 aliphatic carbocycles. The Morgan fingerprint density at radius 2 is 1.78 bits per heavy atom. The molecule has 0 saturated carbocycles. The molecule has 0 aliphatic rings. The minimum Gasteiger partial charge on any atom is -0.490 e. The first kappa shape index (κ1) is 27.7. The highest BCUT2D eigenvalue weighted by Crippen LogP contribution is 2.30. The van der Waals surface area contributed by atoms with Crippen LogP contribution >= 0.6 is 11.3 Å². The summed E-state index contributed by atoms with van der Waals surface area (Å²) in [6, 6.07) is 13.3. The third kappa shape index (κ3) is 8.33. The maximum absolute atomic E-state index is 12.6. The summed E-state index contributed by atoms with van der Waals surface area (Å²) < 4.78 is 17.5. The molecular weight excluding hydrogens is 488 g/mol. The number of hydrogen-bond donors (Lipinski definition) is 1. The van der Waals surface area contributed by atoms with E-state index in [9.17, 15) is 10.1 Å². The van der Waals surface area contributed by atoms with E-state index in [0.29, 0.717) is 42.0 Å². The molecule has 3 rings (SSSR count). The fourth-order valence-electron chi connectivity index (χ4n) is 3.48. The summed E-state index contributed by atoms with van der Waals surface area (Å²) in [5, 5.41) is 21.6. The van der Waals surface area contributed by atoms with E-state index in [4.69, 9.17) is 14.2 Å². The van der Waals surface area contributed by atoms with Gasteiger partial charge in [0.05, 0.1) is 6.61 Å². The minimum absolute atomic E-state index is 0.0525. The van der Waals surface area contributed by atoms with Gasteiger partial charge in [-0.1, -0.05) is 48.4 Å². The van der Waals surface area contributed by atoms with Gasteiger partial charge in [-0.2, -0.15) is 5.26 Å². The first-order valence-corrected chi connectivity index (χ1v) is 13.1. The maximum atomic E-state index is 12.6. The molecule has 1 N–H and O–H groups in total. The van der Waals surface area contributed by atoms with Crippen molar-refractivity contribution in [2.24, 2.45) is 0 Å². The summed E-state index contributed by atoms with van der Waals surface area (Å²) in [5.74, 6) is 1.36. The molecule has 0 atom stereocenters. The van der Waals surface area contributed by atoms with Gasteiger partial charge in [-0.3, -0.25) is 10.1 Å². The molecule has 1 aromatic heterocycles. The standard InChI is InChI=1S/C28H32N4O4S/c1-5-7-8-26-31-32-28(37-26)30-27(33)22(18-29)16-21-10-12-24(25(17-21)34-6-2)36-14-13-35-23-11-9-19(3)15-20(23)4/h9-12,15-17H,5-8,13-14H2,1-4H3,(H,30,32,33)/b22-16-. The number of hydrogen-bond acceptors (Lipinski definition) is 8. The molecule has 0 bridgehead atoms. The summed E-state index contributed by atoms with van der Waals surface area (Å²) >= 11 is 1.32. The van der Waals surface area contributed by atoms with Crippen LogP contribution in [0.2, 0.25) is 0 Å². The number of unbranched alkanes of at least 4 members (excludes halogenated alkanes) is 1. The van der Waals surface area contributed by atoms with Gasteiger partial charge in [0.15, 0.2) is 11.5 Å². The van der Waals surface area contributed by atoms with E-state index in [1.54, 1.807) is 18.2 Å². The number of nitriles is 1. The second kappa shape index (κ2) is 14.0. The fourth-order valence-corrected chi connectivity index (χ4v) is 4.26. The van der Waals surface area contributed by atoms with Crippen LogP contribution in [0.5, 0.6) is 17.2 Å². The van der Waals surface area contributed by atoms with Crippen molar-refractivity contribution in [1.82, 2.24) is 10.2 Å². The average molecular weight is 521 g/mol. The van der Waals surface area contributed by atoms with Crippen molar-refractivity contribution in [1.29, 1.82) is 5.26 Å². The first-order chi connectivity index (χ1) is 17.9. The van der Waals surface area contributed by atoms with E-state index in [1.165, 1.54) is 23.0 Å². The minimum atomic E-state index is -0.539. The van der Waals surface area contributed by atoms with Crippen LogP contribution in [0.25, 0.3) is 6.08 Å². The van der Waals surface area contributed by atoms with E-state index in [1.807, 2.05) is 39.0 Å². The topological polar surface area (TPSA) is 106 Å². The number of carbonyl (C=O) groups excluding carboxylic acids is 1. The van der Waals surface area contributed by atoms with Gasteiger partial charge in [0, 0.05) is 6.42 Å². The molecule has 0 fully saturated rings. The molecule has 9 heteroatoms. The zero-order chi connectivity index (χ0) is 26.6. The van der Waals surface area contributed by atoms with Crippen molar-refractivity contribution >= 4 is 28.5 Å². The SMILES string of the molecule is CCCCc1nnc(NC(=O)/C(C#N)=C\c2ccc(OCCOc3ccc(C)cc3C)c(OCC)c2)s1. The van der Waals surface area contributed by atoms with Crippen molar-refractivity contribution in [3.05, 3.63) is 63.7 Å². The Morgan fingerprint density at radius 1 is 1.03 bits per heavy atom. The van der Waals surface area contributed by atoms with Gasteiger partial charge in [-0.05, 0) is 62.6 Å². The molecule has 8 nitrogen and oxygen atoms in total. The lowest BCUT2D eigenvalue weighted by Crippen LogP contribution is -2.13. The van der Waals surface area contributed by atoms with E-state index < -0.39 is 5.91 Å². The monoisotopic (exact) mass is 520 g/mol. The molecule has 3 aromatic rings. The van der Waals surface area contributed by atoms with Crippen molar-refractivity contribution in [3.63, 3.8) is 0 Å². The second-order valence-electron chi connectivity index (χ2n) is 8.33. The van der Waals surface area contributed by atoms with E-state index >= 15 is 0 Å². The summed E-state index contributed by atoms with van der Waals surface area (Å²) in [5.41, 5.74) is 2.84. The Labute approximate surface area is 221 Å². The largest absolute Gasteiger partial charge is 0.490 e. The van der Waals surface area contributed by atoms with Gasteiger partial charge in [-0.15, -0.1) is 10.2 Å². The van der Waals surface area contributed by atoms with Crippen LogP contribution in [-0.2, 0) is 11.2 Å². The molecule has 0 spiro atoms. The second-order valence-corrected chi connectivity index (χ2v) is 9.40. The number of rotatable bonds is 13. The molecule has 0 saturated heterocycles. The zero-order valence-corrected chi connectivity index (χ0v) is 22.5. The quantitative estimate of drug-likeness (QED) is 0.170. The Morgan fingerprint density at radius 3 is 2.49 bits per heavy atom. The van der Waals surface area contributed by atoms with Crippen molar-refractivity contribution < 1.29 is 19.0 Å². The molecule has 194 valence electrons. The third-order valence-electron chi connectivity index (χ3n) is 5.30.